The van der Waals surface area contributed by atoms with Crippen LogP contribution in [0.4, 0.5) is 5.69 Å². The lowest BCUT2D eigenvalue weighted by atomic mass is 10.1. The van der Waals surface area contributed by atoms with Gasteiger partial charge in [-0.05, 0) is 18.6 Å². The Morgan fingerprint density at radius 3 is 3.10 bits per heavy atom. The molecule has 0 fully saturated rings. The molecular weight excluding hydrogens is 268 g/mol. The second-order valence-electron chi connectivity index (χ2n) is 5.03. The Balaban J connectivity index is 1.62. The fraction of sp³-hybridized carbons (Fsp3) is 0.333. The number of nitrogen functional groups attached to an aromatic ring is 1. The minimum absolute atomic E-state index is 0.0365. The fourth-order valence-corrected chi connectivity index (χ4v) is 2.55. The lowest BCUT2D eigenvalue weighted by molar-refractivity contribution is 0.0924. The molecule has 0 radical (unpaired) electrons. The van der Waals surface area contributed by atoms with Crippen LogP contribution in [-0.2, 0) is 13.0 Å². The number of amides is 1. The van der Waals surface area contributed by atoms with Crippen molar-refractivity contribution in [2.75, 3.05) is 12.3 Å². The average molecular weight is 286 g/mol. The molecule has 1 aromatic heterocycles. The van der Waals surface area contributed by atoms with Gasteiger partial charge in [-0.3, -0.25) is 9.48 Å². The third kappa shape index (κ3) is 2.56. The minimum Gasteiger partial charge on any atom is -0.488 e. The zero-order valence-electron chi connectivity index (χ0n) is 11.9. The summed E-state index contributed by atoms with van der Waals surface area (Å²) in [5.41, 5.74) is 7.77. The number of nitrogens with two attached hydrogens (primary N) is 1. The summed E-state index contributed by atoms with van der Waals surface area (Å²) in [4.78, 5) is 12.2. The first-order valence-electron chi connectivity index (χ1n) is 7.03. The number of nitrogens with one attached hydrogen (secondary N) is 1. The Labute approximate surface area is 122 Å². The molecule has 1 atom stereocenters. The van der Waals surface area contributed by atoms with Crippen molar-refractivity contribution >= 4 is 11.6 Å². The van der Waals surface area contributed by atoms with Crippen LogP contribution in [0.3, 0.4) is 0 Å². The van der Waals surface area contributed by atoms with Crippen molar-refractivity contribution in [3.05, 3.63) is 41.7 Å². The predicted octanol–water partition coefficient (Wildman–Crippen LogP) is 1.22. The summed E-state index contributed by atoms with van der Waals surface area (Å²) in [5, 5.41) is 6.94. The van der Waals surface area contributed by atoms with Crippen molar-refractivity contribution in [3.63, 3.8) is 0 Å². The molecule has 3 N–H and O–H groups in total. The first kappa shape index (κ1) is 13.5. The number of hydrogen-bond donors (Lipinski definition) is 2. The third-order valence-electron chi connectivity index (χ3n) is 3.59. The van der Waals surface area contributed by atoms with Crippen LogP contribution in [0.1, 0.15) is 23.0 Å². The molecular formula is C15H18N4O2. The molecule has 3 rings (SSSR count). The topological polar surface area (TPSA) is 82.2 Å². The SMILES string of the molecule is CCn1ncc(N)c1C(=O)NCC1Cc2ccccc2O1. The van der Waals surface area contributed by atoms with Gasteiger partial charge in [-0.2, -0.15) is 5.10 Å². The number of hydrogen-bond acceptors (Lipinski definition) is 4. The number of benzene rings is 1. The highest BCUT2D eigenvalue weighted by Gasteiger charge is 2.24. The lowest BCUT2D eigenvalue weighted by Gasteiger charge is -2.12. The Morgan fingerprint density at radius 2 is 2.33 bits per heavy atom. The molecule has 6 nitrogen and oxygen atoms in total. The van der Waals surface area contributed by atoms with E-state index in [1.807, 2.05) is 31.2 Å². The van der Waals surface area contributed by atoms with E-state index in [2.05, 4.69) is 10.4 Å². The van der Waals surface area contributed by atoms with Crippen LogP contribution in [0.15, 0.2) is 30.5 Å². The van der Waals surface area contributed by atoms with E-state index in [0.717, 1.165) is 12.2 Å². The standard InChI is InChI=1S/C15H18N4O2/c1-2-19-14(12(16)9-18-19)15(20)17-8-11-7-10-5-3-4-6-13(10)21-11/h3-6,9,11H,2,7-8,16H2,1H3,(H,17,20). The number of anilines is 1. The van der Waals surface area contributed by atoms with Crippen molar-refractivity contribution in [1.29, 1.82) is 0 Å². The Morgan fingerprint density at radius 1 is 1.52 bits per heavy atom. The second-order valence-corrected chi connectivity index (χ2v) is 5.03. The average Bonchev–Trinajstić information content (AvgIpc) is 3.07. The summed E-state index contributed by atoms with van der Waals surface area (Å²) in [6.07, 6.45) is 2.27. The van der Waals surface area contributed by atoms with E-state index in [0.29, 0.717) is 24.5 Å². The number of fused-ring (bicyclic) bond motifs is 1. The number of para-hydroxylation sites is 1. The maximum absolute atomic E-state index is 12.2. The first-order valence-corrected chi connectivity index (χ1v) is 7.03. The molecule has 0 saturated heterocycles. The van der Waals surface area contributed by atoms with Crippen LogP contribution >= 0.6 is 0 Å². The van der Waals surface area contributed by atoms with Crippen LogP contribution in [0.2, 0.25) is 0 Å². The van der Waals surface area contributed by atoms with Crippen LogP contribution in [-0.4, -0.2) is 28.3 Å². The van der Waals surface area contributed by atoms with E-state index in [9.17, 15) is 4.79 Å². The summed E-state index contributed by atoms with van der Waals surface area (Å²) < 4.78 is 7.39. The highest BCUT2D eigenvalue weighted by molar-refractivity contribution is 5.97. The van der Waals surface area contributed by atoms with Gasteiger partial charge < -0.3 is 15.8 Å². The number of rotatable bonds is 4. The van der Waals surface area contributed by atoms with Crippen molar-refractivity contribution in [2.24, 2.45) is 0 Å². The molecule has 0 aliphatic carbocycles. The molecule has 2 aromatic rings. The lowest BCUT2D eigenvalue weighted by Crippen LogP contribution is -2.35. The third-order valence-corrected chi connectivity index (χ3v) is 3.59. The van der Waals surface area contributed by atoms with E-state index >= 15 is 0 Å². The summed E-state index contributed by atoms with van der Waals surface area (Å²) in [6.45, 7) is 2.97. The van der Waals surface area contributed by atoms with E-state index in [-0.39, 0.29) is 12.0 Å². The van der Waals surface area contributed by atoms with Crippen molar-refractivity contribution < 1.29 is 9.53 Å². The molecule has 1 aliphatic heterocycles. The van der Waals surface area contributed by atoms with Gasteiger partial charge in [0.2, 0.25) is 0 Å². The molecule has 110 valence electrons. The molecule has 21 heavy (non-hydrogen) atoms. The number of carbonyl (C=O) groups excluding carboxylic acids is 1. The number of carbonyl (C=O) groups is 1. The van der Waals surface area contributed by atoms with Crippen molar-refractivity contribution in [3.8, 4) is 5.75 Å². The largest absolute Gasteiger partial charge is 0.488 e. The Hall–Kier alpha value is -2.50. The molecule has 6 heteroatoms. The van der Waals surface area contributed by atoms with Crippen molar-refractivity contribution in [2.45, 2.75) is 26.0 Å². The molecule has 1 aliphatic rings. The molecule has 0 spiro atoms. The summed E-state index contributed by atoms with van der Waals surface area (Å²) >= 11 is 0. The van der Waals surface area contributed by atoms with Gasteiger partial charge in [0, 0.05) is 13.0 Å². The fourth-order valence-electron chi connectivity index (χ4n) is 2.55. The normalized spacial score (nSPS) is 16.3. The molecule has 0 saturated carbocycles. The van der Waals surface area contributed by atoms with E-state index < -0.39 is 0 Å². The zero-order chi connectivity index (χ0) is 14.8. The van der Waals surface area contributed by atoms with Gasteiger partial charge in [-0.1, -0.05) is 18.2 Å². The van der Waals surface area contributed by atoms with Crippen LogP contribution in [0.25, 0.3) is 0 Å². The highest BCUT2D eigenvalue weighted by atomic mass is 16.5. The van der Waals surface area contributed by atoms with Crippen LogP contribution in [0.5, 0.6) is 5.75 Å². The molecule has 1 unspecified atom stereocenters. The summed E-state index contributed by atoms with van der Waals surface area (Å²) in [5.74, 6) is 0.682. The monoisotopic (exact) mass is 286 g/mol. The van der Waals surface area contributed by atoms with Gasteiger partial charge in [0.1, 0.15) is 17.5 Å². The zero-order valence-corrected chi connectivity index (χ0v) is 11.9. The van der Waals surface area contributed by atoms with Crippen LogP contribution < -0.4 is 15.8 Å². The Bertz CT molecular complexity index is 640. The molecule has 2 heterocycles. The maximum Gasteiger partial charge on any atom is 0.271 e. The number of aryl methyl sites for hydroxylation is 1. The van der Waals surface area contributed by atoms with Gasteiger partial charge in [0.15, 0.2) is 0 Å². The second kappa shape index (κ2) is 5.47. The van der Waals surface area contributed by atoms with E-state index in [1.165, 1.54) is 11.8 Å². The highest BCUT2D eigenvalue weighted by Crippen LogP contribution is 2.27. The summed E-state index contributed by atoms with van der Waals surface area (Å²) in [6, 6.07) is 7.92. The minimum atomic E-state index is -0.216. The first-order chi connectivity index (χ1) is 10.2. The van der Waals surface area contributed by atoms with Gasteiger partial charge in [0.25, 0.3) is 5.91 Å². The van der Waals surface area contributed by atoms with E-state index in [4.69, 9.17) is 10.5 Å². The molecule has 1 amide bonds. The predicted molar refractivity (Wildman–Crippen MR) is 79.2 cm³/mol. The van der Waals surface area contributed by atoms with Crippen LogP contribution in [0, 0.1) is 0 Å². The Kier molecular flexibility index (Phi) is 3.51. The molecule has 1 aromatic carbocycles. The van der Waals surface area contributed by atoms with Crippen molar-refractivity contribution in [1.82, 2.24) is 15.1 Å². The summed E-state index contributed by atoms with van der Waals surface area (Å²) in [7, 11) is 0. The van der Waals surface area contributed by atoms with Gasteiger partial charge in [-0.25, -0.2) is 0 Å². The smallest absolute Gasteiger partial charge is 0.271 e. The number of nitrogens with zero attached hydrogens (tertiary/aromatic N) is 2. The van der Waals surface area contributed by atoms with Gasteiger partial charge in [-0.15, -0.1) is 0 Å². The molecule has 0 bridgehead atoms. The van der Waals surface area contributed by atoms with E-state index in [1.54, 1.807) is 4.68 Å². The number of ether oxygens (including phenoxy) is 1. The van der Waals surface area contributed by atoms with Gasteiger partial charge in [0.05, 0.1) is 18.4 Å². The number of aromatic nitrogens is 2. The van der Waals surface area contributed by atoms with Gasteiger partial charge >= 0.3 is 0 Å². The maximum atomic E-state index is 12.2. The quantitative estimate of drug-likeness (QED) is 0.885.